The van der Waals surface area contributed by atoms with Gasteiger partial charge in [0.15, 0.2) is 0 Å². The average Bonchev–Trinajstić information content (AvgIpc) is 2.00. The van der Waals surface area contributed by atoms with E-state index in [4.69, 9.17) is 0 Å². The minimum atomic E-state index is -2.18. The monoisotopic (exact) mass is 193 g/mol. The number of carbonyl (C=O) groups is 1. The summed E-state index contributed by atoms with van der Waals surface area (Å²) in [4.78, 5) is 10.5. The van der Waals surface area contributed by atoms with Crippen LogP contribution in [0.3, 0.4) is 0 Å². The van der Waals surface area contributed by atoms with Crippen LogP contribution in [0.2, 0.25) is 0 Å². The van der Waals surface area contributed by atoms with Gasteiger partial charge in [-0.3, -0.25) is 4.21 Å². The van der Waals surface area contributed by atoms with Crippen molar-refractivity contribution < 1.29 is 18.3 Å². The standard InChI is InChI=1S/C5H10N2O4S/c1-2-6-7-5(8)11-3-4-12(9)10/h2H,3-4H2,1H3,(H,7,8)(H,9,10)/p-1/b6-2+. The Morgan fingerprint density at radius 2 is 2.50 bits per heavy atom. The van der Waals surface area contributed by atoms with Crippen molar-refractivity contribution in [3.05, 3.63) is 0 Å². The summed E-state index contributed by atoms with van der Waals surface area (Å²) in [6.07, 6.45) is 0.603. The molecule has 0 aliphatic heterocycles. The van der Waals surface area contributed by atoms with Gasteiger partial charge in [-0.1, -0.05) is 11.1 Å². The predicted molar refractivity (Wildman–Crippen MR) is 42.4 cm³/mol. The third-order valence-electron chi connectivity index (χ3n) is 0.768. The normalized spacial score (nSPS) is 12.8. The molecule has 70 valence electrons. The Hall–Kier alpha value is -0.950. The van der Waals surface area contributed by atoms with Gasteiger partial charge in [0.1, 0.15) is 6.61 Å². The molecule has 0 fully saturated rings. The largest absolute Gasteiger partial charge is 0.772 e. The van der Waals surface area contributed by atoms with E-state index < -0.39 is 17.2 Å². The number of amides is 1. The molecule has 1 unspecified atom stereocenters. The van der Waals surface area contributed by atoms with Gasteiger partial charge >= 0.3 is 6.09 Å². The van der Waals surface area contributed by atoms with E-state index in [1.165, 1.54) is 6.21 Å². The molecule has 1 amide bonds. The van der Waals surface area contributed by atoms with Crippen LogP contribution < -0.4 is 5.43 Å². The fraction of sp³-hybridized carbons (Fsp3) is 0.600. The Morgan fingerprint density at radius 3 is 3.00 bits per heavy atom. The van der Waals surface area contributed by atoms with Gasteiger partial charge in [-0.05, 0) is 6.92 Å². The van der Waals surface area contributed by atoms with Gasteiger partial charge in [0.25, 0.3) is 0 Å². The van der Waals surface area contributed by atoms with Gasteiger partial charge in [0.2, 0.25) is 0 Å². The molecule has 7 heteroatoms. The number of nitrogens with one attached hydrogen (secondary N) is 1. The second-order valence-electron chi connectivity index (χ2n) is 1.64. The fourth-order valence-corrected chi connectivity index (χ4v) is 0.571. The van der Waals surface area contributed by atoms with Crippen molar-refractivity contribution in [3.63, 3.8) is 0 Å². The zero-order valence-corrected chi connectivity index (χ0v) is 7.30. The van der Waals surface area contributed by atoms with Crippen molar-refractivity contribution in [1.82, 2.24) is 5.43 Å². The lowest BCUT2D eigenvalue weighted by atomic mass is 10.8. The van der Waals surface area contributed by atoms with E-state index in [0.717, 1.165) is 0 Å². The number of carbonyl (C=O) groups excluding carboxylic acids is 1. The van der Waals surface area contributed by atoms with Crippen molar-refractivity contribution in [3.8, 4) is 0 Å². The zero-order valence-electron chi connectivity index (χ0n) is 6.48. The summed E-state index contributed by atoms with van der Waals surface area (Å²) >= 11 is -2.18. The van der Waals surface area contributed by atoms with Crippen molar-refractivity contribution in [2.24, 2.45) is 5.10 Å². The third kappa shape index (κ3) is 7.16. The number of ether oxygens (including phenoxy) is 1. The highest BCUT2D eigenvalue weighted by Crippen LogP contribution is 1.80. The van der Waals surface area contributed by atoms with E-state index in [9.17, 15) is 13.6 Å². The number of rotatable bonds is 4. The molecule has 6 nitrogen and oxygen atoms in total. The van der Waals surface area contributed by atoms with Gasteiger partial charge in [0.05, 0.1) is 0 Å². The van der Waals surface area contributed by atoms with E-state index in [1.54, 1.807) is 6.92 Å². The van der Waals surface area contributed by atoms with Crippen LogP contribution in [0.25, 0.3) is 0 Å². The van der Waals surface area contributed by atoms with Crippen molar-refractivity contribution >= 4 is 23.4 Å². The maximum atomic E-state index is 10.5. The minimum absolute atomic E-state index is 0.165. The molecule has 0 aromatic heterocycles. The molecule has 1 atom stereocenters. The SMILES string of the molecule is C/C=N/NC(=O)OCCS(=O)[O-]. The van der Waals surface area contributed by atoms with Crippen molar-refractivity contribution in [2.45, 2.75) is 6.92 Å². The highest BCUT2D eigenvalue weighted by atomic mass is 32.2. The Morgan fingerprint density at radius 1 is 1.83 bits per heavy atom. The van der Waals surface area contributed by atoms with Crippen LogP contribution in [0, 0.1) is 0 Å². The molecule has 0 saturated carbocycles. The lowest BCUT2D eigenvalue weighted by Crippen LogP contribution is -2.21. The molecule has 0 aromatic carbocycles. The van der Waals surface area contributed by atoms with Crippen LogP contribution in [0.1, 0.15) is 6.92 Å². The van der Waals surface area contributed by atoms with Gasteiger partial charge in [-0.15, -0.1) is 0 Å². The van der Waals surface area contributed by atoms with Gasteiger partial charge < -0.3 is 9.29 Å². The summed E-state index contributed by atoms with van der Waals surface area (Å²) in [5, 5.41) is 3.37. The molecule has 0 rings (SSSR count). The first-order valence-corrected chi connectivity index (χ1v) is 4.37. The quantitative estimate of drug-likeness (QED) is 0.373. The number of hydrazone groups is 1. The van der Waals surface area contributed by atoms with E-state index in [0.29, 0.717) is 0 Å². The molecule has 0 saturated heterocycles. The third-order valence-corrected chi connectivity index (χ3v) is 1.27. The lowest BCUT2D eigenvalue weighted by Gasteiger charge is -2.04. The first kappa shape index (κ1) is 11.1. The van der Waals surface area contributed by atoms with E-state index >= 15 is 0 Å². The molecule has 12 heavy (non-hydrogen) atoms. The molecule has 0 aromatic rings. The second kappa shape index (κ2) is 6.74. The van der Waals surface area contributed by atoms with E-state index in [-0.39, 0.29) is 12.4 Å². The Kier molecular flexibility index (Phi) is 6.21. The van der Waals surface area contributed by atoms with Gasteiger partial charge in [-0.25, -0.2) is 10.2 Å². The number of hydrogen-bond acceptors (Lipinski definition) is 5. The first-order chi connectivity index (χ1) is 5.66. The van der Waals surface area contributed by atoms with Crippen LogP contribution in [-0.4, -0.2) is 33.4 Å². The molecule has 0 radical (unpaired) electrons. The molecule has 0 aliphatic carbocycles. The van der Waals surface area contributed by atoms with Crippen LogP contribution in [0.5, 0.6) is 0 Å². The number of hydrogen-bond donors (Lipinski definition) is 1. The van der Waals surface area contributed by atoms with E-state index in [1.807, 2.05) is 5.43 Å². The molecule has 0 aliphatic rings. The average molecular weight is 193 g/mol. The smallest absolute Gasteiger partial charge is 0.427 e. The Balaban J connectivity index is 3.38. The summed E-state index contributed by atoms with van der Waals surface area (Å²) in [6, 6.07) is 0. The summed E-state index contributed by atoms with van der Waals surface area (Å²) in [6.45, 7) is 1.45. The topological polar surface area (TPSA) is 90.8 Å². The molecular formula is C5H9N2O4S-. The summed E-state index contributed by atoms with van der Waals surface area (Å²) in [5.41, 5.74) is 2.01. The van der Waals surface area contributed by atoms with Crippen LogP contribution in [-0.2, 0) is 15.8 Å². The molecule has 1 N–H and O–H groups in total. The zero-order chi connectivity index (χ0) is 9.40. The maximum Gasteiger partial charge on any atom is 0.427 e. The number of nitrogens with zero attached hydrogens (tertiary/aromatic N) is 1. The highest BCUT2D eigenvalue weighted by Gasteiger charge is 1.97. The molecule has 0 bridgehead atoms. The fourth-order valence-electron chi connectivity index (χ4n) is 0.352. The molecular weight excluding hydrogens is 184 g/mol. The Bertz CT molecular complexity index is 194. The van der Waals surface area contributed by atoms with Crippen molar-refractivity contribution in [2.75, 3.05) is 12.4 Å². The van der Waals surface area contributed by atoms with Crippen LogP contribution >= 0.6 is 0 Å². The summed E-state index contributed by atoms with van der Waals surface area (Å²) in [5.74, 6) is -0.205. The predicted octanol–water partition coefficient (Wildman–Crippen LogP) is -0.403. The summed E-state index contributed by atoms with van der Waals surface area (Å²) in [7, 11) is 0. The van der Waals surface area contributed by atoms with Crippen LogP contribution in [0.15, 0.2) is 5.10 Å². The van der Waals surface area contributed by atoms with Gasteiger partial charge in [-0.2, -0.15) is 5.10 Å². The highest BCUT2D eigenvalue weighted by molar-refractivity contribution is 7.79. The summed E-state index contributed by atoms with van der Waals surface area (Å²) < 4.78 is 24.3. The maximum absolute atomic E-state index is 10.5. The van der Waals surface area contributed by atoms with Crippen LogP contribution in [0.4, 0.5) is 4.79 Å². The van der Waals surface area contributed by atoms with E-state index in [2.05, 4.69) is 9.84 Å². The second-order valence-corrected chi connectivity index (χ2v) is 2.66. The molecule has 0 heterocycles. The van der Waals surface area contributed by atoms with Gasteiger partial charge in [0, 0.05) is 12.0 Å². The first-order valence-electron chi connectivity index (χ1n) is 3.13. The Labute approximate surface area is 72.3 Å². The molecule has 0 spiro atoms. The van der Waals surface area contributed by atoms with Crippen molar-refractivity contribution in [1.29, 1.82) is 0 Å². The lowest BCUT2D eigenvalue weighted by molar-refractivity contribution is 0.153. The minimum Gasteiger partial charge on any atom is -0.772 e.